The molecule has 0 aromatic carbocycles. The van der Waals surface area contributed by atoms with Crippen LogP contribution in [0.15, 0.2) is 0 Å². The summed E-state index contributed by atoms with van der Waals surface area (Å²) >= 11 is 5.25. The van der Waals surface area contributed by atoms with Gasteiger partial charge in [0, 0.05) is 45.6 Å². The second-order valence-electron chi connectivity index (χ2n) is 4.69. The van der Waals surface area contributed by atoms with Crippen molar-refractivity contribution in [2.75, 3.05) is 32.7 Å². The second kappa shape index (κ2) is 8.83. The molecule has 1 aliphatic rings. The van der Waals surface area contributed by atoms with Gasteiger partial charge in [-0.25, -0.2) is 0 Å². The van der Waals surface area contributed by atoms with E-state index in [1.54, 1.807) is 0 Å². The average Bonchev–Trinajstić information content (AvgIpc) is 2.43. The highest BCUT2D eigenvalue weighted by molar-refractivity contribution is 7.80. The minimum atomic E-state index is 0.0127. The van der Waals surface area contributed by atoms with E-state index in [1.807, 2.05) is 4.90 Å². The Morgan fingerprint density at radius 1 is 1.37 bits per heavy atom. The third-order valence-electron chi connectivity index (χ3n) is 3.20. The molecule has 0 spiro atoms. The third kappa shape index (κ3) is 5.99. The number of rotatable bonds is 5. The van der Waals surface area contributed by atoms with Crippen LogP contribution in [0, 0.1) is 11.3 Å². The highest BCUT2D eigenvalue weighted by Gasteiger charge is 2.19. The van der Waals surface area contributed by atoms with Gasteiger partial charge < -0.3 is 10.2 Å². The molecule has 1 rings (SSSR count). The van der Waals surface area contributed by atoms with Crippen molar-refractivity contribution in [3.05, 3.63) is 0 Å². The van der Waals surface area contributed by atoms with Gasteiger partial charge in [0.2, 0.25) is 5.91 Å². The molecule has 5 nitrogen and oxygen atoms in total. The van der Waals surface area contributed by atoms with Crippen LogP contribution in [-0.2, 0) is 4.79 Å². The lowest BCUT2D eigenvalue weighted by Gasteiger charge is -2.35. The second-order valence-corrected chi connectivity index (χ2v) is 5.08. The Balaban J connectivity index is 2.25. The molecule has 0 atom stereocenters. The molecule has 1 saturated heterocycles. The van der Waals surface area contributed by atoms with Crippen LogP contribution in [0.5, 0.6) is 0 Å². The first-order chi connectivity index (χ1) is 9.17. The molecule has 0 aromatic rings. The molecular weight excluding hydrogens is 260 g/mol. The number of carbonyl (C=O) groups is 1. The van der Waals surface area contributed by atoms with Crippen molar-refractivity contribution in [2.24, 2.45) is 0 Å². The number of thiocarbonyl (C=S) groups is 1. The third-order valence-corrected chi connectivity index (χ3v) is 3.56. The fourth-order valence-corrected chi connectivity index (χ4v) is 2.28. The summed E-state index contributed by atoms with van der Waals surface area (Å²) < 4.78 is 0. The largest absolute Gasteiger partial charge is 0.346 e. The van der Waals surface area contributed by atoms with Gasteiger partial charge in [-0.05, 0) is 18.6 Å². The number of hydrogen-bond acceptors (Lipinski definition) is 4. The number of carbonyl (C=O) groups excluding carboxylic acids is 1. The maximum absolute atomic E-state index is 11.6. The van der Waals surface area contributed by atoms with Crippen LogP contribution in [0.3, 0.4) is 0 Å². The standard InChI is InChI=1S/C13H22N4OS/c1-2-3-5-12(18)15-13(19)17-10-8-16(9-11-17)7-4-6-14/h2-5,7-11H2,1H3,(H,15,18,19). The fourth-order valence-electron chi connectivity index (χ4n) is 1.98. The van der Waals surface area contributed by atoms with Crippen molar-refractivity contribution in [1.82, 2.24) is 15.1 Å². The summed E-state index contributed by atoms with van der Waals surface area (Å²) in [6.07, 6.45) is 3.02. The molecule has 0 aliphatic carbocycles. The summed E-state index contributed by atoms with van der Waals surface area (Å²) in [6.45, 7) is 6.31. The van der Waals surface area contributed by atoms with E-state index in [1.165, 1.54) is 0 Å². The van der Waals surface area contributed by atoms with Crippen LogP contribution >= 0.6 is 12.2 Å². The Bertz CT molecular complexity index is 345. The van der Waals surface area contributed by atoms with Gasteiger partial charge in [-0.3, -0.25) is 9.69 Å². The Labute approximate surface area is 120 Å². The predicted molar refractivity (Wildman–Crippen MR) is 78.5 cm³/mol. The molecule has 1 fully saturated rings. The van der Waals surface area contributed by atoms with Crippen LogP contribution in [-0.4, -0.2) is 53.5 Å². The Morgan fingerprint density at radius 3 is 2.63 bits per heavy atom. The summed E-state index contributed by atoms with van der Waals surface area (Å²) in [5.41, 5.74) is 0. The topological polar surface area (TPSA) is 59.4 Å². The fraction of sp³-hybridized carbons (Fsp3) is 0.769. The zero-order valence-electron chi connectivity index (χ0n) is 11.5. The molecule has 0 unspecified atom stereocenters. The molecule has 0 saturated carbocycles. The first-order valence-corrected chi connectivity index (χ1v) is 7.26. The predicted octanol–water partition coefficient (Wildman–Crippen LogP) is 1.11. The smallest absolute Gasteiger partial charge is 0.226 e. The first-order valence-electron chi connectivity index (χ1n) is 6.85. The number of unbranched alkanes of at least 4 members (excludes halogenated alkanes) is 1. The Kier molecular flexibility index (Phi) is 7.38. The molecule has 6 heteroatoms. The quantitative estimate of drug-likeness (QED) is 0.766. The maximum Gasteiger partial charge on any atom is 0.226 e. The number of amides is 1. The van der Waals surface area contributed by atoms with Crippen molar-refractivity contribution in [3.8, 4) is 6.07 Å². The number of hydrogen-bond donors (Lipinski definition) is 1. The normalized spacial score (nSPS) is 15.9. The molecule has 1 aliphatic heterocycles. The summed E-state index contributed by atoms with van der Waals surface area (Å²) in [7, 11) is 0. The molecule has 0 aromatic heterocycles. The van der Waals surface area contributed by atoms with Crippen LogP contribution in [0.2, 0.25) is 0 Å². The lowest BCUT2D eigenvalue weighted by Crippen LogP contribution is -2.52. The van der Waals surface area contributed by atoms with Crippen molar-refractivity contribution in [3.63, 3.8) is 0 Å². The van der Waals surface area contributed by atoms with E-state index >= 15 is 0 Å². The van der Waals surface area contributed by atoms with Crippen LogP contribution in [0.1, 0.15) is 32.6 Å². The van der Waals surface area contributed by atoms with E-state index in [4.69, 9.17) is 17.5 Å². The molecular formula is C13H22N4OS. The van der Waals surface area contributed by atoms with Crippen LogP contribution in [0.25, 0.3) is 0 Å². The van der Waals surface area contributed by atoms with Crippen LogP contribution < -0.4 is 5.32 Å². The van der Waals surface area contributed by atoms with Crippen LogP contribution in [0.4, 0.5) is 0 Å². The van der Waals surface area contributed by atoms with E-state index in [0.717, 1.165) is 45.6 Å². The lowest BCUT2D eigenvalue weighted by atomic mass is 10.2. The SMILES string of the molecule is CCCCC(=O)NC(=S)N1CCN(CCC#N)CC1. The number of nitriles is 1. The molecule has 19 heavy (non-hydrogen) atoms. The minimum absolute atomic E-state index is 0.0127. The van der Waals surface area contributed by atoms with Crippen molar-refractivity contribution in [1.29, 1.82) is 5.26 Å². The van der Waals surface area contributed by atoms with E-state index in [2.05, 4.69) is 23.2 Å². The number of nitrogens with zero attached hydrogens (tertiary/aromatic N) is 3. The molecule has 0 bridgehead atoms. The minimum Gasteiger partial charge on any atom is -0.346 e. The van der Waals surface area contributed by atoms with Gasteiger partial charge in [-0.15, -0.1) is 0 Å². The zero-order valence-corrected chi connectivity index (χ0v) is 12.3. The zero-order chi connectivity index (χ0) is 14.1. The van der Waals surface area contributed by atoms with Gasteiger partial charge in [0.15, 0.2) is 5.11 Å². The lowest BCUT2D eigenvalue weighted by molar-refractivity contribution is -0.119. The number of piperazine rings is 1. The summed E-state index contributed by atoms with van der Waals surface area (Å²) in [5, 5.41) is 11.9. The summed E-state index contributed by atoms with van der Waals surface area (Å²) in [4.78, 5) is 15.9. The van der Waals surface area contributed by atoms with Gasteiger partial charge in [0.1, 0.15) is 0 Å². The molecule has 1 N–H and O–H groups in total. The van der Waals surface area contributed by atoms with Gasteiger partial charge in [-0.2, -0.15) is 5.26 Å². The summed E-state index contributed by atoms with van der Waals surface area (Å²) in [5.74, 6) is 0.0127. The Morgan fingerprint density at radius 2 is 2.05 bits per heavy atom. The van der Waals surface area contributed by atoms with Gasteiger partial charge >= 0.3 is 0 Å². The molecule has 0 radical (unpaired) electrons. The van der Waals surface area contributed by atoms with Gasteiger partial charge in [0.05, 0.1) is 6.07 Å². The van der Waals surface area contributed by atoms with E-state index in [9.17, 15) is 4.79 Å². The number of nitrogens with one attached hydrogen (secondary N) is 1. The van der Waals surface area contributed by atoms with Crippen molar-refractivity contribution < 1.29 is 4.79 Å². The summed E-state index contributed by atoms with van der Waals surface area (Å²) in [6, 6.07) is 2.16. The molecule has 1 heterocycles. The maximum atomic E-state index is 11.6. The highest BCUT2D eigenvalue weighted by atomic mass is 32.1. The first kappa shape index (κ1) is 15.9. The molecule has 1 amide bonds. The van der Waals surface area contributed by atoms with Gasteiger partial charge in [-0.1, -0.05) is 13.3 Å². The van der Waals surface area contributed by atoms with Gasteiger partial charge in [0.25, 0.3) is 0 Å². The van der Waals surface area contributed by atoms with Crippen molar-refractivity contribution >= 4 is 23.2 Å². The highest BCUT2D eigenvalue weighted by Crippen LogP contribution is 2.03. The average molecular weight is 282 g/mol. The Hall–Kier alpha value is -1.19. The van der Waals surface area contributed by atoms with E-state index in [-0.39, 0.29) is 5.91 Å². The molecule has 106 valence electrons. The monoisotopic (exact) mass is 282 g/mol. The van der Waals surface area contributed by atoms with E-state index < -0.39 is 0 Å². The van der Waals surface area contributed by atoms with E-state index in [0.29, 0.717) is 18.0 Å². The van der Waals surface area contributed by atoms with Crippen molar-refractivity contribution in [2.45, 2.75) is 32.6 Å².